The molecule has 1 amide bonds. The largest absolute Gasteiger partial charge is 0.478 e. The summed E-state index contributed by atoms with van der Waals surface area (Å²) in [6, 6.07) is 4.65. The Labute approximate surface area is 116 Å². The van der Waals surface area contributed by atoms with Gasteiger partial charge >= 0.3 is 5.97 Å². The number of carboxylic acid groups (broad SMARTS) is 1. The molecule has 20 heavy (non-hydrogen) atoms. The number of rotatable bonds is 5. The summed E-state index contributed by atoms with van der Waals surface area (Å²) in [5, 5.41) is 11.7. The van der Waals surface area contributed by atoms with Crippen LogP contribution in [-0.4, -0.2) is 26.5 Å². The smallest absolute Gasteiger partial charge is 0.335 e. The number of carbonyl (C=O) groups excluding carboxylic acids is 1. The molecule has 0 atom stereocenters. The lowest BCUT2D eigenvalue weighted by molar-refractivity contribution is -0.116. The van der Waals surface area contributed by atoms with Crippen LogP contribution in [0.2, 0.25) is 0 Å². The Morgan fingerprint density at radius 2 is 2.20 bits per heavy atom. The van der Waals surface area contributed by atoms with E-state index in [1.54, 1.807) is 29.4 Å². The maximum Gasteiger partial charge on any atom is 0.335 e. The predicted molar refractivity (Wildman–Crippen MR) is 73.6 cm³/mol. The quantitative estimate of drug-likeness (QED) is 0.871. The Kier molecular flexibility index (Phi) is 4.14. The molecular weight excluding hydrogens is 258 g/mol. The van der Waals surface area contributed by atoms with Crippen LogP contribution in [0.25, 0.3) is 0 Å². The van der Waals surface area contributed by atoms with Crippen molar-refractivity contribution in [1.29, 1.82) is 0 Å². The van der Waals surface area contributed by atoms with Crippen LogP contribution in [0.1, 0.15) is 22.3 Å². The Balaban J connectivity index is 2.00. The highest BCUT2D eigenvalue weighted by Gasteiger charge is 2.09. The van der Waals surface area contributed by atoms with E-state index in [2.05, 4.69) is 10.3 Å². The first-order chi connectivity index (χ1) is 9.56. The first-order valence-corrected chi connectivity index (χ1v) is 6.16. The molecule has 6 heteroatoms. The minimum Gasteiger partial charge on any atom is -0.478 e. The average molecular weight is 273 g/mol. The van der Waals surface area contributed by atoms with Gasteiger partial charge in [0.05, 0.1) is 11.9 Å². The molecular formula is C14H15N3O3. The van der Waals surface area contributed by atoms with Gasteiger partial charge in [-0.1, -0.05) is 6.07 Å². The van der Waals surface area contributed by atoms with Crippen molar-refractivity contribution in [3.05, 3.63) is 48.0 Å². The zero-order chi connectivity index (χ0) is 14.5. The van der Waals surface area contributed by atoms with Crippen molar-refractivity contribution in [1.82, 2.24) is 9.55 Å². The maximum absolute atomic E-state index is 11.8. The summed E-state index contributed by atoms with van der Waals surface area (Å²) in [6.45, 7) is 2.35. The predicted octanol–water partition coefficient (Wildman–Crippen LogP) is 1.92. The third-order valence-electron chi connectivity index (χ3n) is 2.91. The fourth-order valence-electron chi connectivity index (χ4n) is 1.75. The van der Waals surface area contributed by atoms with Gasteiger partial charge in [0, 0.05) is 31.0 Å². The van der Waals surface area contributed by atoms with Gasteiger partial charge in [0.25, 0.3) is 0 Å². The van der Waals surface area contributed by atoms with E-state index in [-0.39, 0.29) is 11.5 Å². The average Bonchev–Trinajstić information content (AvgIpc) is 2.92. The molecule has 104 valence electrons. The van der Waals surface area contributed by atoms with Crippen molar-refractivity contribution in [3.63, 3.8) is 0 Å². The molecule has 2 N–H and O–H groups in total. The number of hydrogen-bond donors (Lipinski definition) is 2. The molecule has 0 saturated heterocycles. The molecule has 0 bridgehead atoms. The number of benzene rings is 1. The van der Waals surface area contributed by atoms with Crippen molar-refractivity contribution in [3.8, 4) is 0 Å². The number of hydrogen-bond acceptors (Lipinski definition) is 3. The van der Waals surface area contributed by atoms with Gasteiger partial charge in [-0.3, -0.25) is 4.79 Å². The monoisotopic (exact) mass is 273 g/mol. The van der Waals surface area contributed by atoms with Gasteiger partial charge in [0.1, 0.15) is 0 Å². The van der Waals surface area contributed by atoms with E-state index in [1.807, 2.05) is 6.92 Å². The lowest BCUT2D eigenvalue weighted by atomic mass is 10.1. The van der Waals surface area contributed by atoms with E-state index in [4.69, 9.17) is 5.11 Å². The van der Waals surface area contributed by atoms with Crippen molar-refractivity contribution in [2.45, 2.75) is 19.9 Å². The van der Waals surface area contributed by atoms with Gasteiger partial charge in [-0.15, -0.1) is 0 Å². The van der Waals surface area contributed by atoms with E-state index in [1.165, 1.54) is 12.1 Å². The van der Waals surface area contributed by atoms with Crippen LogP contribution in [0.4, 0.5) is 5.69 Å². The highest BCUT2D eigenvalue weighted by molar-refractivity contribution is 5.94. The maximum atomic E-state index is 11.8. The topological polar surface area (TPSA) is 84.2 Å². The molecule has 0 aliphatic heterocycles. The normalized spacial score (nSPS) is 10.2. The zero-order valence-electron chi connectivity index (χ0n) is 11.0. The van der Waals surface area contributed by atoms with E-state index in [0.717, 1.165) is 5.56 Å². The number of aryl methyl sites for hydroxylation is 2. The Bertz CT molecular complexity index is 621. The summed E-state index contributed by atoms with van der Waals surface area (Å²) in [4.78, 5) is 26.7. The van der Waals surface area contributed by atoms with Gasteiger partial charge in [-0.2, -0.15) is 0 Å². The van der Waals surface area contributed by atoms with E-state index < -0.39 is 5.97 Å². The van der Waals surface area contributed by atoms with Gasteiger partial charge in [0.15, 0.2) is 0 Å². The van der Waals surface area contributed by atoms with Crippen LogP contribution in [0, 0.1) is 6.92 Å². The molecule has 1 aromatic carbocycles. The lowest BCUT2D eigenvalue weighted by Crippen LogP contribution is -2.15. The van der Waals surface area contributed by atoms with E-state index >= 15 is 0 Å². The summed E-state index contributed by atoms with van der Waals surface area (Å²) in [7, 11) is 0. The van der Waals surface area contributed by atoms with Crippen LogP contribution in [0.5, 0.6) is 0 Å². The molecule has 2 rings (SSSR count). The summed E-state index contributed by atoms with van der Waals surface area (Å²) >= 11 is 0. The molecule has 2 aromatic rings. The number of nitrogens with zero attached hydrogens (tertiary/aromatic N) is 2. The van der Waals surface area contributed by atoms with Gasteiger partial charge in [-0.05, 0) is 24.6 Å². The van der Waals surface area contributed by atoms with Crippen molar-refractivity contribution in [2.24, 2.45) is 0 Å². The number of carboxylic acids is 1. The second kappa shape index (κ2) is 6.01. The third kappa shape index (κ3) is 3.44. The second-order valence-electron chi connectivity index (χ2n) is 4.43. The molecule has 0 aliphatic rings. The Morgan fingerprint density at radius 1 is 1.40 bits per heavy atom. The first-order valence-electron chi connectivity index (χ1n) is 6.16. The lowest BCUT2D eigenvalue weighted by Gasteiger charge is -2.09. The molecule has 0 saturated carbocycles. The van der Waals surface area contributed by atoms with Gasteiger partial charge in [-0.25, -0.2) is 9.78 Å². The number of aromatic carboxylic acids is 1. The van der Waals surface area contributed by atoms with Gasteiger partial charge < -0.3 is 15.0 Å². The van der Waals surface area contributed by atoms with Crippen LogP contribution in [0.15, 0.2) is 36.9 Å². The molecule has 1 aromatic heterocycles. The Hall–Kier alpha value is -2.63. The van der Waals surface area contributed by atoms with Crippen molar-refractivity contribution < 1.29 is 14.7 Å². The fraction of sp³-hybridized carbons (Fsp3) is 0.214. The molecule has 0 aliphatic carbocycles. The number of anilines is 1. The number of amides is 1. The standard InChI is InChI=1S/C14H15N3O3/c1-10-2-3-11(14(19)20)8-12(10)16-13(18)4-6-17-7-5-15-9-17/h2-3,5,7-9H,4,6H2,1H3,(H,16,18)(H,19,20). The summed E-state index contributed by atoms with van der Waals surface area (Å²) in [5.74, 6) is -1.18. The minimum atomic E-state index is -1.01. The molecule has 0 radical (unpaired) electrons. The highest BCUT2D eigenvalue weighted by Crippen LogP contribution is 2.17. The highest BCUT2D eigenvalue weighted by atomic mass is 16.4. The molecule has 0 unspecified atom stereocenters. The Morgan fingerprint density at radius 3 is 2.85 bits per heavy atom. The van der Waals surface area contributed by atoms with Crippen LogP contribution >= 0.6 is 0 Å². The molecule has 0 spiro atoms. The van der Waals surface area contributed by atoms with Crippen molar-refractivity contribution >= 4 is 17.6 Å². The van der Waals surface area contributed by atoms with Crippen LogP contribution in [0.3, 0.4) is 0 Å². The van der Waals surface area contributed by atoms with Crippen LogP contribution in [-0.2, 0) is 11.3 Å². The van der Waals surface area contributed by atoms with E-state index in [9.17, 15) is 9.59 Å². The third-order valence-corrected chi connectivity index (χ3v) is 2.91. The van der Waals surface area contributed by atoms with Crippen LogP contribution < -0.4 is 5.32 Å². The summed E-state index contributed by atoms with van der Waals surface area (Å²) in [5.41, 5.74) is 1.51. The SMILES string of the molecule is Cc1ccc(C(=O)O)cc1NC(=O)CCn1ccnc1. The fourth-order valence-corrected chi connectivity index (χ4v) is 1.75. The number of carbonyl (C=O) groups is 2. The number of imidazole rings is 1. The minimum absolute atomic E-state index is 0.153. The number of aromatic nitrogens is 2. The second-order valence-corrected chi connectivity index (χ2v) is 4.43. The molecule has 6 nitrogen and oxygen atoms in total. The molecule has 0 fully saturated rings. The molecule has 1 heterocycles. The number of nitrogens with one attached hydrogen (secondary N) is 1. The summed E-state index contributed by atoms with van der Waals surface area (Å²) in [6.07, 6.45) is 5.37. The van der Waals surface area contributed by atoms with Gasteiger partial charge in [0.2, 0.25) is 5.91 Å². The van der Waals surface area contributed by atoms with E-state index in [0.29, 0.717) is 18.7 Å². The van der Waals surface area contributed by atoms with Crippen molar-refractivity contribution in [2.75, 3.05) is 5.32 Å². The first kappa shape index (κ1) is 13.8. The zero-order valence-corrected chi connectivity index (χ0v) is 11.0. The summed E-state index contributed by atoms with van der Waals surface area (Å²) < 4.78 is 1.81.